The number of aromatic nitrogens is 1. The van der Waals surface area contributed by atoms with E-state index in [1.807, 2.05) is 6.07 Å². The van der Waals surface area contributed by atoms with Crippen molar-refractivity contribution in [1.82, 2.24) is 4.98 Å². The van der Waals surface area contributed by atoms with E-state index in [1.54, 1.807) is 24.3 Å². The van der Waals surface area contributed by atoms with Gasteiger partial charge in [-0.2, -0.15) is 0 Å². The summed E-state index contributed by atoms with van der Waals surface area (Å²) in [4.78, 5) is 15.0. The van der Waals surface area contributed by atoms with Crippen LogP contribution in [0.5, 0.6) is 0 Å². The summed E-state index contributed by atoms with van der Waals surface area (Å²) in [5.74, 6) is 0.0213. The van der Waals surface area contributed by atoms with Crippen LogP contribution in [0.25, 0.3) is 10.9 Å². The van der Waals surface area contributed by atoms with Gasteiger partial charge in [0, 0.05) is 10.9 Å². The number of carbonyl (C=O) groups excluding carboxylic acids is 1. The Bertz CT molecular complexity index is 508. The summed E-state index contributed by atoms with van der Waals surface area (Å²) < 4.78 is 0. The van der Waals surface area contributed by atoms with Gasteiger partial charge in [-0.25, -0.2) is 4.98 Å². The third-order valence-electron chi connectivity index (χ3n) is 2.00. The molecule has 0 bridgehead atoms. The van der Waals surface area contributed by atoms with Gasteiger partial charge in [-0.3, -0.25) is 4.79 Å². The summed E-state index contributed by atoms with van der Waals surface area (Å²) >= 11 is 0. The molecule has 14 heavy (non-hydrogen) atoms. The number of nitrogens with two attached hydrogens (primary N) is 2. The average molecular weight is 187 g/mol. The molecule has 0 aliphatic carbocycles. The molecule has 70 valence electrons. The lowest BCUT2D eigenvalue weighted by molar-refractivity contribution is 0.100. The van der Waals surface area contributed by atoms with Crippen LogP contribution in [0.2, 0.25) is 0 Å². The third-order valence-corrected chi connectivity index (χ3v) is 2.00. The molecular weight excluding hydrogens is 178 g/mol. The smallest absolute Gasteiger partial charge is 0.248 e. The van der Waals surface area contributed by atoms with Crippen molar-refractivity contribution in [2.24, 2.45) is 5.73 Å². The molecule has 0 spiro atoms. The lowest BCUT2D eigenvalue weighted by Gasteiger charge is -2.00. The van der Waals surface area contributed by atoms with Gasteiger partial charge in [0.1, 0.15) is 5.82 Å². The predicted octanol–water partition coefficient (Wildman–Crippen LogP) is 0.916. The van der Waals surface area contributed by atoms with Crippen molar-refractivity contribution in [1.29, 1.82) is 0 Å². The monoisotopic (exact) mass is 187 g/mol. The summed E-state index contributed by atoms with van der Waals surface area (Å²) in [6, 6.07) is 8.56. The van der Waals surface area contributed by atoms with Gasteiger partial charge in [0.2, 0.25) is 5.91 Å². The van der Waals surface area contributed by atoms with Crippen LogP contribution in [0.4, 0.5) is 5.82 Å². The Balaban J connectivity index is 2.67. The molecule has 0 aliphatic rings. The van der Waals surface area contributed by atoms with Gasteiger partial charge in [0.05, 0.1) is 5.52 Å². The maximum absolute atomic E-state index is 10.9. The quantitative estimate of drug-likeness (QED) is 0.696. The molecule has 0 unspecified atom stereocenters. The number of pyridine rings is 1. The highest BCUT2D eigenvalue weighted by Gasteiger charge is 2.02. The molecule has 1 amide bonds. The van der Waals surface area contributed by atoms with E-state index < -0.39 is 5.91 Å². The number of anilines is 1. The third kappa shape index (κ3) is 1.37. The maximum atomic E-state index is 10.9. The normalized spacial score (nSPS) is 10.3. The SMILES string of the molecule is NC(=O)c1ccc2nc(N)ccc2c1. The highest BCUT2D eigenvalue weighted by molar-refractivity contribution is 5.97. The van der Waals surface area contributed by atoms with Crippen LogP contribution in [0, 0.1) is 0 Å². The van der Waals surface area contributed by atoms with E-state index in [4.69, 9.17) is 11.5 Å². The lowest BCUT2D eigenvalue weighted by atomic mass is 10.1. The first-order chi connectivity index (χ1) is 6.66. The second-order valence-corrected chi connectivity index (χ2v) is 3.01. The molecule has 4 N–H and O–H groups in total. The Morgan fingerprint density at radius 1 is 1.21 bits per heavy atom. The molecule has 0 saturated heterocycles. The van der Waals surface area contributed by atoms with E-state index in [0.717, 1.165) is 10.9 Å². The minimum absolute atomic E-state index is 0.441. The van der Waals surface area contributed by atoms with Gasteiger partial charge in [-0.1, -0.05) is 0 Å². The van der Waals surface area contributed by atoms with Crippen molar-refractivity contribution < 1.29 is 4.79 Å². The molecule has 1 aromatic heterocycles. The van der Waals surface area contributed by atoms with Gasteiger partial charge < -0.3 is 11.5 Å². The van der Waals surface area contributed by atoms with E-state index in [0.29, 0.717) is 11.4 Å². The van der Waals surface area contributed by atoms with Crippen LogP contribution in [0.1, 0.15) is 10.4 Å². The number of nitrogens with zero attached hydrogens (tertiary/aromatic N) is 1. The summed E-state index contributed by atoms with van der Waals surface area (Å²) in [6.07, 6.45) is 0. The molecule has 0 atom stereocenters. The molecule has 4 nitrogen and oxygen atoms in total. The molecule has 1 heterocycles. The van der Waals surface area contributed by atoms with Crippen LogP contribution in [0.15, 0.2) is 30.3 Å². The van der Waals surface area contributed by atoms with Crippen molar-refractivity contribution in [3.05, 3.63) is 35.9 Å². The Kier molecular flexibility index (Phi) is 1.81. The predicted molar refractivity (Wildman–Crippen MR) is 54.7 cm³/mol. The number of hydrogen-bond donors (Lipinski definition) is 2. The number of benzene rings is 1. The molecular formula is C10H9N3O. The van der Waals surface area contributed by atoms with Crippen LogP contribution in [-0.4, -0.2) is 10.9 Å². The van der Waals surface area contributed by atoms with Crippen LogP contribution in [-0.2, 0) is 0 Å². The first-order valence-corrected chi connectivity index (χ1v) is 4.13. The summed E-state index contributed by atoms with van der Waals surface area (Å²) in [7, 11) is 0. The summed E-state index contributed by atoms with van der Waals surface area (Å²) in [5.41, 5.74) is 11.9. The Morgan fingerprint density at radius 2 is 2.00 bits per heavy atom. The zero-order valence-electron chi connectivity index (χ0n) is 7.40. The Morgan fingerprint density at radius 3 is 2.71 bits per heavy atom. The number of carbonyl (C=O) groups is 1. The minimum atomic E-state index is -0.441. The second-order valence-electron chi connectivity index (χ2n) is 3.01. The fourth-order valence-electron chi connectivity index (χ4n) is 1.29. The maximum Gasteiger partial charge on any atom is 0.248 e. The highest BCUT2D eigenvalue weighted by atomic mass is 16.1. The molecule has 0 radical (unpaired) electrons. The summed E-state index contributed by atoms with van der Waals surface area (Å²) in [6.45, 7) is 0. The van der Waals surface area contributed by atoms with Crippen LogP contribution < -0.4 is 11.5 Å². The highest BCUT2D eigenvalue weighted by Crippen LogP contribution is 2.15. The number of nitrogen functional groups attached to an aromatic ring is 1. The van der Waals surface area contributed by atoms with Crippen molar-refractivity contribution in [3.63, 3.8) is 0 Å². The number of primary amides is 1. The molecule has 1 aromatic carbocycles. The van der Waals surface area contributed by atoms with Crippen LogP contribution in [0.3, 0.4) is 0 Å². The largest absolute Gasteiger partial charge is 0.384 e. The topological polar surface area (TPSA) is 82.0 Å². The van der Waals surface area contributed by atoms with Gasteiger partial charge in [-0.15, -0.1) is 0 Å². The standard InChI is InChI=1S/C10H9N3O/c11-9-4-2-6-5-7(10(12)14)1-3-8(6)13-9/h1-5H,(H2,11,13)(H2,12,14). The van der Waals surface area contributed by atoms with E-state index >= 15 is 0 Å². The number of hydrogen-bond acceptors (Lipinski definition) is 3. The van der Waals surface area contributed by atoms with Crippen molar-refractivity contribution >= 4 is 22.6 Å². The molecule has 2 aromatic rings. The fraction of sp³-hybridized carbons (Fsp3) is 0. The molecule has 4 heteroatoms. The molecule has 0 saturated carbocycles. The van der Waals surface area contributed by atoms with E-state index in [-0.39, 0.29) is 0 Å². The Labute approximate surface area is 80.5 Å². The number of amides is 1. The fourth-order valence-corrected chi connectivity index (χ4v) is 1.29. The van der Waals surface area contributed by atoms with Gasteiger partial charge in [0.15, 0.2) is 0 Å². The van der Waals surface area contributed by atoms with E-state index in [1.165, 1.54) is 0 Å². The zero-order chi connectivity index (χ0) is 10.1. The van der Waals surface area contributed by atoms with Crippen molar-refractivity contribution in [2.75, 3.05) is 5.73 Å². The Hall–Kier alpha value is -2.10. The molecule has 0 aliphatic heterocycles. The van der Waals surface area contributed by atoms with Crippen molar-refractivity contribution in [3.8, 4) is 0 Å². The first-order valence-electron chi connectivity index (χ1n) is 4.13. The lowest BCUT2D eigenvalue weighted by Crippen LogP contribution is -2.10. The van der Waals surface area contributed by atoms with E-state index in [9.17, 15) is 4.79 Å². The number of fused-ring (bicyclic) bond motifs is 1. The van der Waals surface area contributed by atoms with Gasteiger partial charge in [0.25, 0.3) is 0 Å². The minimum Gasteiger partial charge on any atom is -0.384 e. The summed E-state index contributed by atoms with van der Waals surface area (Å²) in [5, 5.41) is 0.857. The zero-order valence-corrected chi connectivity index (χ0v) is 7.40. The van der Waals surface area contributed by atoms with Crippen LogP contribution >= 0.6 is 0 Å². The average Bonchev–Trinajstić information content (AvgIpc) is 2.16. The first kappa shape index (κ1) is 8.50. The van der Waals surface area contributed by atoms with Gasteiger partial charge in [-0.05, 0) is 30.3 Å². The van der Waals surface area contributed by atoms with E-state index in [2.05, 4.69) is 4.98 Å². The molecule has 0 fully saturated rings. The van der Waals surface area contributed by atoms with Gasteiger partial charge >= 0.3 is 0 Å². The second kappa shape index (κ2) is 2.99. The number of rotatable bonds is 1. The van der Waals surface area contributed by atoms with Crippen molar-refractivity contribution in [2.45, 2.75) is 0 Å². The molecule has 2 rings (SSSR count).